The van der Waals surface area contributed by atoms with Crippen molar-refractivity contribution < 1.29 is 28.4 Å². The molecule has 3 amide bonds. The molecule has 47 heavy (non-hydrogen) atoms. The highest BCUT2D eigenvalue weighted by Gasteiger charge is 2.20. The van der Waals surface area contributed by atoms with Crippen LogP contribution in [0.5, 0.6) is 0 Å². The summed E-state index contributed by atoms with van der Waals surface area (Å²) in [5.41, 5.74) is 0. The third-order valence-corrected chi connectivity index (χ3v) is 9.27. The molecule has 10 heteroatoms. The van der Waals surface area contributed by atoms with Crippen molar-refractivity contribution in [3.05, 3.63) is 0 Å². The van der Waals surface area contributed by atoms with Gasteiger partial charge in [-0.3, -0.25) is 18.9 Å². The molecule has 0 aliphatic heterocycles. The lowest BCUT2D eigenvalue weighted by atomic mass is 10.0. The Hall–Kier alpha value is -1.44. The largest absolute Gasteiger partial charge is 0.356 e. The molecule has 0 saturated carbocycles. The molecule has 0 heterocycles. The van der Waals surface area contributed by atoms with Gasteiger partial charge in [0.15, 0.2) is 0 Å². The second kappa shape index (κ2) is 33.1. The van der Waals surface area contributed by atoms with E-state index >= 15 is 0 Å². The first-order valence-electron chi connectivity index (χ1n) is 19.5. The Kier molecular flexibility index (Phi) is 32.1. The van der Waals surface area contributed by atoms with Crippen LogP contribution in [-0.4, -0.2) is 55.0 Å². The molecule has 0 bridgehead atoms. The molecule has 0 rings (SSSR count). The summed E-state index contributed by atoms with van der Waals surface area (Å²) in [6.45, 7) is 6.71. The topological polar surface area (TPSA) is 134 Å². The van der Waals surface area contributed by atoms with Gasteiger partial charge in [0.2, 0.25) is 17.7 Å². The van der Waals surface area contributed by atoms with E-state index in [9.17, 15) is 23.8 Å². The number of carbonyl (C=O) groups is 3. The first kappa shape index (κ1) is 45.6. The highest BCUT2D eigenvalue weighted by molar-refractivity contribution is 7.51. The molecule has 0 aromatic heterocycles. The lowest BCUT2D eigenvalue weighted by Gasteiger charge is -2.19. The van der Waals surface area contributed by atoms with Crippen LogP contribution in [0.1, 0.15) is 187 Å². The molecular formula is C37H74N3O6P. The van der Waals surface area contributed by atoms with Crippen LogP contribution in [0.4, 0.5) is 0 Å². The minimum atomic E-state index is -3.49. The van der Waals surface area contributed by atoms with Crippen molar-refractivity contribution >= 4 is 25.3 Å². The summed E-state index contributed by atoms with van der Waals surface area (Å²) in [5.74, 6) is -0.228. The number of nitrogens with one attached hydrogen (secondary N) is 3. The van der Waals surface area contributed by atoms with E-state index in [1.807, 2.05) is 0 Å². The predicted octanol–water partition coefficient (Wildman–Crippen LogP) is 9.11. The smallest absolute Gasteiger partial charge is 0.325 e. The van der Waals surface area contributed by atoms with Gasteiger partial charge in [0.1, 0.15) is 6.04 Å². The van der Waals surface area contributed by atoms with E-state index < -0.39 is 13.6 Å². The zero-order valence-electron chi connectivity index (χ0n) is 30.7. The summed E-state index contributed by atoms with van der Waals surface area (Å²) >= 11 is 0. The van der Waals surface area contributed by atoms with Gasteiger partial charge >= 0.3 is 7.60 Å². The molecule has 0 saturated heterocycles. The zero-order valence-corrected chi connectivity index (χ0v) is 31.6. The van der Waals surface area contributed by atoms with E-state index in [2.05, 4.69) is 29.8 Å². The molecule has 0 aromatic carbocycles. The van der Waals surface area contributed by atoms with Gasteiger partial charge in [-0.05, 0) is 44.9 Å². The summed E-state index contributed by atoms with van der Waals surface area (Å²) in [5, 5.41) is 8.81. The van der Waals surface area contributed by atoms with Gasteiger partial charge in [-0.25, -0.2) is 0 Å². The Balaban J connectivity index is 4.07. The van der Waals surface area contributed by atoms with Crippen LogP contribution >= 0.6 is 7.60 Å². The maximum atomic E-state index is 12.9. The van der Waals surface area contributed by atoms with Crippen molar-refractivity contribution in [1.29, 1.82) is 0 Å². The molecule has 2 atom stereocenters. The van der Waals surface area contributed by atoms with Gasteiger partial charge in [0.25, 0.3) is 0 Å². The molecular weight excluding hydrogens is 613 g/mol. The molecule has 9 nitrogen and oxygen atoms in total. The summed E-state index contributed by atoms with van der Waals surface area (Å²) in [4.78, 5) is 46.9. The third-order valence-electron chi connectivity index (χ3n) is 8.61. The van der Waals surface area contributed by atoms with Crippen molar-refractivity contribution in [2.45, 2.75) is 193 Å². The normalized spacial score (nSPS) is 13.2. The second-order valence-electron chi connectivity index (χ2n) is 13.5. The quantitative estimate of drug-likeness (QED) is 0.0388. The second-order valence-corrected chi connectivity index (χ2v) is 15.3. The van der Waals surface area contributed by atoms with Crippen LogP contribution in [0.3, 0.4) is 0 Å². The Morgan fingerprint density at radius 2 is 1.00 bits per heavy atom. The Morgan fingerprint density at radius 3 is 1.49 bits per heavy atom. The Labute approximate surface area is 288 Å². The van der Waals surface area contributed by atoms with Crippen molar-refractivity contribution in [3.8, 4) is 0 Å². The average molecular weight is 688 g/mol. The number of hydrogen-bond donors (Lipinski definition) is 4. The average Bonchev–Trinajstić information content (AvgIpc) is 3.03. The number of carbonyl (C=O) groups excluding carboxylic acids is 3. The fourth-order valence-corrected chi connectivity index (χ4v) is 6.13. The molecule has 0 fully saturated rings. The van der Waals surface area contributed by atoms with Gasteiger partial charge in [-0.2, -0.15) is 0 Å². The predicted molar refractivity (Wildman–Crippen MR) is 196 cm³/mol. The number of hydrogen-bond acceptors (Lipinski definition) is 5. The van der Waals surface area contributed by atoms with Crippen LogP contribution in [0.25, 0.3) is 0 Å². The van der Waals surface area contributed by atoms with E-state index in [0.717, 1.165) is 51.6 Å². The molecule has 0 aliphatic rings. The monoisotopic (exact) mass is 688 g/mol. The van der Waals surface area contributed by atoms with Crippen LogP contribution in [0, 0.1) is 0 Å². The highest BCUT2D eigenvalue weighted by Crippen LogP contribution is 2.36. The van der Waals surface area contributed by atoms with E-state index in [1.165, 1.54) is 89.9 Å². The summed E-state index contributed by atoms with van der Waals surface area (Å²) in [7, 11) is -3.49. The van der Waals surface area contributed by atoms with Gasteiger partial charge in [-0.15, -0.1) is 0 Å². The van der Waals surface area contributed by atoms with Crippen LogP contribution in [0.2, 0.25) is 0 Å². The zero-order chi connectivity index (χ0) is 34.9. The SMILES string of the molecule is CCCCCCCCCCCCCCCCCC(=O)NCCCCC(NC(=O)CCCCCCC)C(=O)NCCCCOP(C)(=O)O. The van der Waals surface area contributed by atoms with Gasteiger partial charge in [0, 0.05) is 32.6 Å². The Bertz CT molecular complexity index is 807. The number of rotatable bonds is 35. The summed E-state index contributed by atoms with van der Waals surface area (Å²) in [6, 6.07) is -0.612. The van der Waals surface area contributed by atoms with E-state index in [4.69, 9.17) is 4.52 Å². The molecule has 278 valence electrons. The first-order chi connectivity index (χ1) is 22.7. The molecule has 4 N–H and O–H groups in total. The molecule has 0 aliphatic carbocycles. The Morgan fingerprint density at radius 1 is 0.574 bits per heavy atom. The fraction of sp³-hybridized carbons (Fsp3) is 0.919. The van der Waals surface area contributed by atoms with Gasteiger partial charge in [-0.1, -0.05) is 129 Å². The minimum absolute atomic E-state index is 0.0926. The first-order valence-corrected chi connectivity index (χ1v) is 21.5. The van der Waals surface area contributed by atoms with Crippen molar-refractivity contribution in [2.75, 3.05) is 26.4 Å². The van der Waals surface area contributed by atoms with Crippen LogP contribution in [0.15, 0.2) is 0 Å². The van der Waals surface area contributed by atoms with Gasteiger partial charge < -0.3 is 25.4 Å². The van der Waals surface area contributed by atoms with Gasteiger partial charge in [0.05, 0.1) is 6.61 Å². The maximum Gasteiger partial charge on any atom is 0.325 e. The summed E-state index contributed by atoms with van der Waals surface area (Å²) < 4.78 is 16.1. The van der Waals surface area contributed by atoms with E-state index in [-0.39, 0.29) is 24.3 Å². The van der Waals surface area contributed by atoms with E-state index in [1.54, 1.807) is 0 Å². The lowest BCUT2D eigenvalue weighted by molar-refractivity contribution is -0.129. The fourth-order valence-electron chi connectivity index (χ4n) is 5.67. The van der Waals surface area contributed by atoms with Crippen molar-refractivity contribution in [2.24, 2.45) is 0 Å². The van der Waals surface area contributed by atoms with E-state index in [0.29, 0.717) is 51.6 Å². The maximum absolute atomic E-state index is 12.9. The van der Waals surface area contributed by atoms with Crippen molar-refractivity contribution in [1.82, 2.24) is 16.0 Å². The highest BCUT2D eigenvalue weighted by atomic mass is 31.2. The van der Waals surface area contributed by atoms with Crippen molar-refractivity contribution in [3.63, 3.8) is 0 Å². The number of unbranched alkanes of at least 4 members (excludes halogenated alkanes) is 20. The third kappa shape index (κ3) is 34.2. The van der Waals surface area contributed by atoms with Crippen LogP contribution < -0.4 is 16.0 Å². The minimum Gasteiger partial charge on any atom is -0.356 e. The lowest BCUT2D eigenvalue weighted by Crippen LogP contribution is -2.47. The molecule has 0 spiro atoms. The summed E-state index contributed by atoms with van der Waals surface area (Å²) in [6.07, 6.45) is 29.0. The molecule has 2 unspecified atom stereocenters. The van der Waals surface area contributed by atoms with Crippen LogP contribution in [-0.2, 0) is 23.5 Å². The molecule has 0 radical (unpaired) electrons. The molecule has 0 aromatic rings. The number of amides is 3. The standard InChI is InChI=1S/C37H74N3O6P/c1-4-6-8-10-11-12-13-14-15-16-17-18-19-21-22-29-35(41)38-31-25-24-28-34(40-36(42)30-23-20-9-7-5-2)37(43)39-32-26-27-33-46-47(3,44)45/h34H,4-33H2,1-3H3,(H,38,41)(H,39,43)(H,40,42)(H,44,45).